The number of hydrogen-bond donors (Lipinski definition) is 4. The number of para-hydroxylation sites is 1. The van der Waals surface area contributed by atoms with Crippen LogP contribution in [0.2, 0.25) is 0 Å². The van der Waals surface area contributed by atoms with Crippen LogP contribution in [0.3, 0.4) is 0 Å². The Labute approximate surface area is 284 Å². The van der Waals surface area contributed by atoms with Gasteiger partial charge in [-0.1, -0.05) is 56.7 Å². The van der Waals surface area contributed by atoms with E-state index in [-0.39, 0.29) is 30.4 Å². The maximum absolute atomic E-state index is 14.3. The van der Waals surface area contributed by atoms with Crippen LogP contribution < -0.4 is 10.6 Å². The van der Waals surface area contributed by atoms with Gasteiger partial charge in [-0.2, -0.15) is 0 Å². The van der Waals surface area contributed by atoms with E-state index >= 15 is 0 Å². The van der Waals surface area contributed by atoms with Crippen LogP contribution in [0.4, 0.5) is 0 Å². The second-order valence-electron chi connectivity index (χ2n) is 12.6. The Kier molecular flexibility index (Phi) is 11.9. The molecule has 1 aromatic heterocycles. The lowest BCUT2D eigenvalue weighted by molar-refractivity contribution is -0.152. The van der Waals surface area contributed by atoms with Gasteiger partial charge in [-0.3, -0.25) is 19.2 Å². The Morgan fingerprint density at radius 2 is 1.72 bits per heavy atom. The first-order valence-electron chi connectivity index (χ1n) is 16.1. The highest BCUT2D eigenvalue weighted by molar-refractivity contribution is 9.10. The number of aromatic nitrogens is 1. The summed E-state index contributed by atoms with van der Waals surface area (Å²) in [6.45, 7) is 9.28. The SMILES string of the molecule is CCC1OC(=O)CC(c2ccc(O)c(Br)c2)NC(=O)C(Cc2c[nH]c3ccccc23)N(C)C(=O)C(C)NC(=O)C(C)CC(C)=CC1C. The predicted molar refractivity (Wildman–Crippen MR) is 184 cm³/mol. The minimum atomic E-state index is -0.995. The third kappa shape index (κ3) is 8.82. The maximum atomic E-state index is 14.3. The molecule has 47 heavy (non-hydrogen) atoms. The van der Waals surface area contributed by atoms with E-state index in [1.807, 2.05) is 64.2 Å². The predicted octanol–water partition coefficient (Wildman–Crippen LogP) is 5.70. The fourth-order valence-electron chi connectivity index (χ4n) is 6.20. The molecule has 11 heteroatoms. The minimum Gasteiger partial charge on any atom is -0.507 e. The molecule has 2 aromatic carbocycles. The smallest absolute Gasteiger partial charge is 0.308 e. The van der Waals surface area contributed by atoms with Crippen molar-refractivity contribution in [3.8, 4) is 5.75 Å². The second kappa shape index (κ2) is 15.6. The number of allylic oxidation sites excluding steroid dienone is 1. The Hall–Kier alpha value is -4.12. The Bertz CT molecular complexity index is 1650. The number of phenols is 1. The molecule has 3 amide bonds. The van der Waals surface area contributed by atoms with Gasteiger partial charge in [0.05, 0.1) is 16.9 Å². The van der Waals surface area contributed by atoms with Gasteiger partial charge in [0.25, 0.3) is 0 Å². The van der Waals surface area contributed by atoms with Crippen molar-refractivity contribution in [3.63, 3.8) is 0 Å². The van der Waals surface area contributed by atoms with Crippen LogP contribution in [0.1, 0.15) is 71.0 Å². The van der Waals surface area contributed by atoms with Crippen LogP contribution >= 0.6 is 15.9 Å². The molecule has 252 valence electrons. The van der Waals surface area contributed by atoms with Crippen molar-refractivity contribution in [2.45, 2.75) is 84.5 Å². The molecule has 1 aliphatic heterocycles. The molecule has 1 aliphatic rings. The molecule has 4 rings (SSSR count). The molecular weight excluding hydrogens is 664 g/mol. The number of benzene rings is 2. The highest BCUT2D eigenvalue weighted by atomic mass is 79.9. The summed E-state index contributed by atoms with van der Waals surface area (Å²) in [5.74, 6) is -2.20. The molecule has 0 bridgehead atoms. The van der Waals surface area contributed by atoms with Crippen LogP contribution in [-0.2, 0) is 30.3 Å². The first kappa shape index (κ1) is 35.7. The van der Waals surface area contributed by atoms with Gasteiger partial charge in [-0.15, -0.1) is 0 Å². The van der Waals surface area contributed by atoms with E-state index in [1.165, 1.54) is 11.0 Å². The van der Waals surface area contributed by atoms with E-state index < -0.39 is 47.9 Å². The molecule has 10 nitrogen and oxygen atoms in total. The number of fused-ring (bicyclic) bond motifs is 1. The standard InChI is InChI=1S/C36H45BrN4O6/c1-7-32-21(3)14-20(2)15-22(4)34(44)39-23(5)36(46)41(6)30(17-25-19-38-28-11-9-8-10-26(25)28)35(45)40-29(18-33(43)47-32)24-12-13-31(42)27(37)16-24/h8-14,16,19,21-23,29-30,32,38,42H,7,15,17-18H2,1-6H3,(H,39,44)(H,40,45). The largest absolute Gasteiger partial charge is 0.507 e. The summed E-state index contributed by atoms with van der Waals surface area (Å²) in [6, 6.07) is 9.74. The zero-order chi connectivity index (χ0) is 34.4. The van der Waals surface area contributed by atoms with Gasteiger partial charge in [-0.05, 0) is 71.9 Å². The second-order valence-corrected chi connectivity index (χ2v) is 13.5. The molecule has 4 N–H and O–H groups in total. The number of carbonyl (C=O) groups excluding carboxylic acids is 4. The highest BCUT2D eigenvalue weighted by Crippen LogP contribution is 2.30. The number of ether oxygens (including phenoxy) is 1. The van der Waals surface area contributed by atoms with Crippen molar-refractivity contribution in [2.75, 3.05) is 7.05 Å². The highest BCUT2D eigenvalue weighted by Gasteiger charge is 2.34. The van der Waals surface area contributed by atoms with Crippen molar-refractivity contribution < 1.29 is 29.0 Å². The Morgan fingerprint density at radius 1 is 1.00 bits per heavy atom. The van der Waals surface area contributed by atoms with Crippen LogP contribution in [0.25, 0.3) is 10.9 Å². The summed E-state index contributed by atoms with van der Waals surface area (Å²) in [5.41, 5.74) is 3.27. The monoisotopic (exact) mass is 708 g/mol. The molecule has 0 radical (unpaired) electrons. The fraction of sp³-hybridized carbons (Fsp3) is 0.444. The van der Waals surface area contributed by atoms with E-state index in [0.717, 1.165) is 22.0 Å². The number of likely N-dealkylation sites (N-methyl/N-ethyl adjacent to an activating group) is 1. The molecular formula is C36H45BrN4O6. The number of H-pyrrole nitrogens is 1. The van der Waals surface area contributed by atoms with Crippen molar-refractivity contribution in [3.05, 3.63) is 75.9 Å². The molecule has 0 saturated heterocycles. The van der Waals surface area contributed by atoms with Gasteiger partial charge in [0.2, 0.25) is 17.7 Å². The zero-order valence-corrected chi connectivity index (χ0v) is 29.4. The van der Waals surface area contributed by atoms with E-state index in [2.05, 4.69) is 31.5 Å². The van der Waals surface area contributed by atoms with Crippen LogP contribution in [-0.4, -0.2) is 63.9 Å². The summed E-state index contributed by atoms with van der Waals surface area (Å²) in [5, 5.41) is 16.9. The average Bonchev–Trinajstić information content (AvgIpc) is 3.44. The maximum Gasteiger partial charge on any atom is 0.308 e. The summed E-state index contributed by atoms with van der Waals surface area (Å²) in [4.78, 5) is 59.3. The number of nitrogens with one attached hydrogen (secondary N) is 3. The third-order valence-corrected chi connectivity index (χ3v) is 9.53. The van der Waals surface area contributed by atoms with Gasteiger partial charge in [0.1, 0.15) is 23.9 Å². The number of hydrogen-bond acceptors (Lipinski definition) is 6. The van der Waals surface area contributed by atoms with E-state index in [9.17, 15) is 24.3 Å². The lowest BCUT2D eigenvalue weighted by Crippen LogP contribution is -2.55. The van der Waals surface area contributed by atoms with Gasteiger partial charge >= 0.3 is 5.97 Å². The molecule has 0 spiro atoms. The summed E-state index contributed by atoms with van der Waals surface area (Å²) in [7, 11) is 1.55. The van der Waals surface area contributed by atoms with Crippen LogP contribution in [0, 0.1) is 11.8 Å². The molecule has 0 fully saturated rings. The van der Waals surface area contributed by atoms with Gasteiger partial charge in [-0.25, -0.2) is 0 Å². The quantitative estimate of drug-likeness (QED) is 0.202. The van der Waals surface area contributed by atoms with Crippen molar-refractivity contribution in [1.29, 1.82) is 0 Å². The topological polar surface area (TPSA) is 141 Å². The number of phenolic OH excluding ortho intramolecular Hbond substituents is 1. The summed E-state index contributed by atoms with van der Waals surface area (Å²) in [6.07, 6.45) is 4.47. The Balaban J connectivity index is 1.76. The fourth-order valence-corrected chi connectivity index (χ4v) is 6.59. The van der Waals surface area contributed by atoms with Gasteiger partial charge in [0, 0.05) is 42.4 Å². The number of aromatic amines is 1. The summed E-state index contributed by atoms with van der Waals surface area (Å²) >= 11 is 3.34. The first-order chi connectivity index (χ1) is 22.3. The summed E-state index contributed by atoms with van der Waals surface area (Å²) < 4.78 is 6.37. The number of rotatable bonds is 4. The van der Waals surface area contributed by atoms with E-state index in [4.69, 9.17) is 4.74 Å². The van der Waals surface area contributed by atoms with Crippen molar-refractivity contribution >= 4 is 50.5 Å². The van der Waals surface area contributed by atoms with Crippen LogP contribution in [0.5, 0.6) is 5.75 Å². The minimum absolute atomic E-state index is 0.0118. The van der Waals surface area contributed by atoms with Crippen molar-refractivity contribution in [1.82, 2.24) is 20.5 Å². The van der Waals surface area contributed by atoms with E-state index in [1.54, 1.807) is 26.1 Å². The zero-order valence-electron chi connectivity index (χ0n) is 27.8. The van der Waals surface area contributed by atoms with Crippen LogP contribution in [0.15, 0.2) is 64.8 Å². The molecule has 3 aromatic rings. The lowest BCUT2D eigenvalue weighted by atomic mass is 9.94. The number of carbonyl (C=O) groups is 4. The normalized spacial score (nSPS) is 25.8. The molecule has 0 saturated carbocycles. The number of esters is 1. The third-order valence-electron chi connectivity index (χ3n) is 8.89. The molecule has 6 atom stereocenters. The molecule has 0 aliphatic carbocycles. The first-order valence-corrected chi connectivity index (χ1v) is 16.9. The number of aromatic hydroxyl groups is 1. The average molecular weight is 710 g/mol. The van der Waals surface area contributed by atoms with Crippen molar-refractivity contribution in [2.24, 2.45) is 11.8 Å². The van der Waals surface area contributed by atoms with Gasteiger partial charge < -0.3 is 30.4 Å². The number of amides is 3. The van der Waals surface area contributed by atoms with Gasteiger partial charge in [0.15, 0.2) is 0 Å². The number of cyclic esters (lactones) is 1. The Morgan fingerprint density at radius 3 is 2.43 bits per heavy atom. The number of halogens is 1. The molecule has 2 heterocycles. The molecule has 6 unspecified atom stereocenters. The number of nitrogens with zero attached hydrogens (tertiary/aromatic N) is 1. The lowest BCUT2D eigenvalue weighted by Gasteiger charge is -2.32. The van der Waals surface area contributed by atoms with E-state index in [0.29, 0.717) is 22.9 Å².